The van der Waals surface area contributed by atoms with Gasteiger partial charge in [0.05, 0.1) is 12.0 Å². The summed E-state index contributed by atoms with van der Waals surface area (Å²) in [6.07, 6.45) is 0. The maximum Gasteiger partial charge on any atom is 0.243 e. The zero-order chi connectivity index (χ0) is 14.6. The predicted octanol–water partition coefficient (Wildman–Crippen LogP) is 2.59. The smallest absolute Gasteiger partial charge is 0.243 e. The Hall–Kier alpha value is -1.33. The minimum Gasteiger partial charge on any atom is -0.497 e. The van der Waals surface area contributed by atoms with Gasteiger partial charge in [-0.1, -0.05) is 19.1 Å². The molecule has 0 aliphatic carbocycles. The number of nitrogens with zero attached hydrogens (tertiary/aromatic N) is 1. The molecule has 19 heavy (non-hydrogen) atoms. The zero-order valence-electron chi connectivity index (χ0n) is 11.9. The standard InChI is InChI=1S/C14H21NO3S/c1-6-15(10-11(2)3)19(16,17)14-8-7-13(18-5)9-12(14)4/h7-9H,2,6,10H2,1,3-5H3. The Morgan fingerprint density at radius 2 is 2.05 bits per heavy atom. The Kier molecular flexibility index (Phi) is 5.14. The van der Waals surface area contributed by atoms with Crippen LogP contribution in [0.4, 0.5) is 0 Å². The lowest BCUT2D eigenvalue weighted by atomic mass is 10.2. The Morgan fingerprint density at radius 3 is 2.47 bits per heavy atom. The van der Waals surface area contributed by atoms with Crippen LogP contribution in [0.3, 0.4) is 0 Å². The molecule has 1 rings (SSSR count). The zero-order valence-corrected chi connectivity index (χ0v) is 12.8. The lowest BCUT2D eigenvalue weighted by molar-refractivity contribution is 0.413. The van der Waals surface area contributed by atoms with Crippen LogP contribution in [0.5, 0.6) is 5.75 Å². The average Bonchev–Trinajstić information content (AvgIpc) is 2.34. The van der Waals surface area contributed by atoms with Crippen molar-refractivity contribution in [2.24, 2.45) is 0 Å². The summed E-state index contributed by atoms with van der Waals surface area (Å²) in [7, 11) is -1.93. The number of hydrogen-bond acceptors (Lipinski definition) is 3. The van der Waals surface area contributed by atoms with E-state index in [1.54, 1.807) is 32.2 Å². The third-order valence-electron chi connectivity index (χ3n) is 2.80. The molecule has 0 fully saturated rings. The molecule has 0 atom stereocenters. The van der Waals surface area contributed by atoms with Gasteiger partial charge in [-0.05, 0) is 37.6 Å². The van der Waals surface area contributed by atoms with E-state index < -0.39 is 10.0 Å². The first-order chi connectivity index (χ1) is 8.82. The van der Waals surface area contributed by atoms with Gasteiger partial charge in [0.2, 0.25) is 10.0 Å². The van der Waals surface area contributed by atoms with Gasteiger partial charge in [-0.3, -0.25) is 0 Å². The van der Waals surface area contributed by atoms with Gasteiger partial charge in [0.25, 0.3) is 0 Å². The minimum absolute atomic E-state index is 0.316. The van der Waals surface area contributed by atoms with Crippen LogP contribution in [0, 0.1) is 6.92 Å². The molecule has 0 amide bonds. The second kappa shape index (κ2) is 6.21. The maximum atomic E-state index is 12.6. The van der Waals surface area contributed by atoms with Crippen molar-refractivity contribution in [3.05, 3.63) is 35.9 Å². The van der Waals surface area contributed by atoms with E-state index in [1.165, 1.54) is 4.31 Å². The van der Waals surface area contributed by atoms with Crippen molar-refractivity contribution < 1.29 is 13.2 Å². The molecule has 0 heterocycles. The molecule has 0 N–H and O–H groups in total. The molecule has 0 aromatic heterocycles. The first-order valence-corrected chi connectivity index (χ1v) is 7.56. The summed E-state index contributed by atoms with van der Waals surface area (Å²) in [5, 5.41) is 0. The lowest BCUT2D eigenvalue weighted by Crippen LogP contribution is -2.32. The normalized spacial score (nSPS) is 11.6. The lowest BCUT2D eigenvalue weighted by Gasteiger charge is -2.21. The highest BCUT2D eigenvalue weighted by atomic mass is 32.2. The number of likely N-dealkylation sites (N-methyl/N-ethyl adjacent to an activating group) is 1. The van der Waals surface area contributed by atoms with Crippen molar-refractivity contribution in [3.63, 3.8) is 0 Å². The summed E-state index contributed by atoms with van der Waals surface area (Å²) in [6.45, 7) is 9.93. The molecule has 106 valence electrons. The van der Waals surface area contributed by atoms with E-state index in [2.05, 4.69) is 6.58 Å². The van der Waals surface area contributed by atoms with Crippen LogP contribution >= 0.6 is 0 Å². The number of rotatable bonds is 6. The van der Waals surface area contributed by atoms with Crippen LogP contribution in [0.25, 0.3) is 0 Å². The molecule has 0 saturated carbocycles. The summed E-state index contributed by atoms with van der Waals surface area (Å²) < 4.78 is 31.6. The van der Waals surface area contributed by atoms with E-state index in [0.717, 1.165) is 5.57 Å². The van der Waals surface area contributed by atoms with Crippen LogP contribution in [0.2, 0.25) is 0 Å². The molecular formula is C14H21NO3S. The fraction of sp³-hybridized carbons (Fsp3) is 0.429. The van der Waals surface area contributed by atoms with E-state index >= 15 is 0 Å². The third-order valence-corrected chi connectivity index (χ3v) is 4.88. The predicted molar refractivity (Wildman–Crippen MR) is 77.0 cm³/mol. The SMILES string of the molecule is C=C(C)CN(CC)S(=O)(=O)c1ccc(OC)cc1C. The molecule has 4 nitrogen and oxygen atoms in total. The molecule has 0 radical (unpaired) electrons. The summed E-state index contributed by atoms with van der Waals surface area (Å²) >= 11 is 0. The molecule has 1 aromatic rings. The van der Waals surface area contributed by atoms with Gasteiger partial charge in [0.15, 0.2) is 0 Å². The quantitative estimate of drug-likeness (QED) is 0.754. The maximum absolute atomic E-state index is 12.6. The number of methoxy groups -OCH3 is 1. The van der Waals surface area contributed by atoms with Crippen molar-refractivity contribution >= 4 is 10.0 Å². The highest BCUT2D eigenvalue weighted by molar-refractivity contribution is 7.89. The van der Waals surface area contributed by atoms with E-state index in [-0.39, 0.29) is 0 Å². The van der Waals surface area contributed by atoms with Gasteiger partial charge >= 0.3 is 0 Å². The van der Waals surface area contributed by atoms with Crippen molar-refractivity contribution in [1.29, 1.82) is 0 Å². The Labute approximate surface area is 115 Å². The van der Waals surface area contributed by atoms with Gasteiger partial charge in [-0.25, -0.2) is 8.42 Å². The molecule has 0 aliphatic rings. The Balaban J connectivity index is 3.22. The first kappa shape index (κ1) is 15.7. The number of sulfonamides is 1. The average molecular weight is 283 g/mol. The van der Waals surface area contributed by atoms with Crippen molar-refractivity contribution in [1.82, 2.24) is 4.31 Å². The van der Waals surface area contributed by atoms with E-state index in [9.17, 15) is 8.42 Å². The fourth-order valence-electron chi connectivity index (χ4n) is 1.85. The first-order valence-electron chi connectivity index (χ1n) is 6.12. The van der Waals surface area contributed by atoms with E-state index in [1.807, 2.05) is 13.8 Å². The number of hydrogen-bond donors (Lipinski definition) is 0. The van der Waals surface area contributed by atoms with Crippen LogP contribution < -0.4 is 4.74 Å². The molecule has 0 saturated heterocycles. The molecule has 0 spiro atoms. The Morgan fingerprint density at radius 1 is 1.42 bits per heavy atom. The number of benzene rings is 1. The highest BCUT2D eigenvalue weighted by Crippen LogP contribution is 2.24. The van der Waals surface area contributed by atoms with Crippen molar-refractivity contribution in [2.45, 2.75) is 25.7 Å². The Bertz CT molecular complexity index is 564. The van der Waals surface area contributed by atoms with Crippen molar-refractivity contribution in [3.8, 4) is 5.75 Å². The van der Waals surface area contributed by atoms with E-state index in [4.69, 9.17) is 4.74 Å². The monoisotopic (exact) mass is 283 g/mol. The van der Waals surface area contributed by atoms with E-state index in [0.29, 0.717) is 29.3 Å². The van der Waals surface area contributed by atoms with Gasteiger partial charge in [-0.2, -0.15) is 4.31 Å². The molecule has 0 unspecified atom stereocenters. The second-order valence-corrected chi connectivity index (χ2v) is 6.43. The molecular weight excluding hydrogens is 262 g/mol. The molecule has 0 bridgehead atoms. The topological polar surface area (TPSA) is 46.6 Å². The second-order valence-electron chi connectivity index (χ2n) is 4.52. The minimum atomic E-state index is -3.48. The van der Waals surface area contributed by atoms with Gasteiger partial charge in [0, 0.05) is 13.1 Å². The van der Waals surface area contributed by atoms with Crippen LogP contribution in [-0.2, 0) is 10.0 Å². The molecule has 5 heteroatoms. The summed E-state index contributed by atoms with van der Waals surface area (Å²) in [4.78, 5) is 0.316. The molecule has 0 aliphatic heterocycles. The fourth-order valence-corrected chi connectivity index (χ4v) is 3.56. The largest absolute Gasteiger partial charge is 0.497 e. The van der Waals surface area contributed by atoms with Crippen molar-refractivity contribution in [2.75, 3.05) is 20.2 Å². The summed E-state index contributed by atoms with van der Waals surface area (Å²) in [6, 6.07) is 4.97. The van der Waals surface area contributed by atoms with Gasteiger partial charge in [0.1, 0.15) is 5.75 Å². The van der Waals surface area contributed by atoms with Crippen LogP contribution in [-0.4, -0.2) is 32.9 Å². The van der Waals surface area contributed by atoms with Crippen LogP contribution in [0.1, 0.15) is 19.4 Å². The van der Waals surface area contributed by atoms with Gasteiger partial charge in [-0.15, -0.1) is 0 Å². The summed E-state index contributed by atoms with van der Waals surface area (Å²) in [5.74, 6) is 0.652. The number of ether oxygens (including phenoxy) is 1. The highest BCUT2D eigenvalue weighted by Gasteiger charge is 2.24. The third kappa shape index (κ3) is 3.58. The van der Waals surface area contributed by atoms with Gasteiger partial charge < -0.3 is 4.74 Å². The summed E-state index contributed by atoms with van der Waals surface area (Å²) in [5.41, 5.74) is 1.50. The number of aryl methyl sites for hydroxylation is 1. The molecule has 1 aromatic carbocycles. The van der Waals surface area contributed by atoms with Crippen LogP contribution in [0.15, 0.2) is 35.2 Å².